The van der Waals surface area contributed by atoms with E-state index < -0.39 is 0 Å². The summed E-state index contributed by atoms with van der Waals surface area (Å²) in [6.45, 7) is 6.27. The summed E-state index contributed by atoms with van der Waals surface area (Å²) >= 11 is 1.77. The number of hydrogen-bond donors (Lipinski definition) is 1. The van der Waals surface area contributed by atoms with Crippen LogP contribution in [0.2, 0.25) is 0 Å². The first kappa shape index (κ1) is 19.2. The number of rotatable bonds is 2. The molecule has 1 atom stereocenters. The lowest BCUT2D eigenvalue weighted by Gasteiger charge is -2.32. The van der Waals surface area contributed by atoms with E-state index in [4.69, 9.17) is 0 Å². The SMILES string of the molecule is Cl.O=C(c1cc2c(s1)CCCCCC2)N1CCC(N2CCNCC2)C1. The maximum atomic E-state index is 13.0. The second-order valence-electron chi connectivity index (χ2n) is 7.45. The molecule has 4 rings (SSSR count). The fraction of sp³-hybridized carbons (Fsp3) is 0.737. The number of hydrogen-bond acceptors (Lipinski definition) is 4. The number of nitrogens with one attached hydrogen (secondary N) is 1. The van der Waals surface area contributed by atoms with Gasteiger partial charge in [-0.15, -0.1) is 23.7 Å². The normalized spacial score (nSPS) is 25.0. The van der Waals surface area contributed by atoms with Crippen LogP contribution in [0.3, 0.4) is 0 Å². The summed E-state index contributed by atoms with van der Waals surface area (Å²) in [6, 6.07) is 2.78. The highest BCUT2D eigenvalue weighted by atomic mass is 35.5. The first-order valence-electron chi connectivity index (χ1n) is 9.67. The molecule has 6 heteroatoms. The van der Waals surface area contributed by atoms with E-state index in [1.165, 1.54) is 49.0 Å². The molecule has 1 amide bonds. The number of halogens is 1. The zero-order valence-corrected chi connectivity index (χ0v) is 16.6. The zero-order chi connectivity index (χ0) is 16.4. The number of piperazine rings is 1. The standard InChI is InChI=1S/C19H29N3OS.ClH/c23-19(18-13-15-5-3-1-2-4-6-17(15)24-18)22-10-7-16(14-22)21-11-8-20-9-12-21;/h13,16,20H,1-12,14H2;1H. The third-order valence-corrected chi connectivity index (χ3v) is 7.05. The summed E-state index contributed by atoms with van der Waals surface area (Å²) in [4.78, 5) is 20.1. The van der Waals surface area contributed by atoms with E-state index in [1.54, 1.807) is 11.3 Å². The Hall–Kier alpha value is -0.620. The van der Waals surface area contributed by atoms with Gasteiger partial charge in [0.15, 0.2) is 0 Å². The van der Waals surface area contributed by atoms with E-state index in [-0.39, 0.29) is 18.3 Å². The lowest BCUT2D eigenvalue weighted by Crippen LogP contribution is -2.49. The minimum absolute atomic E-state index is 0. The highest BCUT2D eigenvalue weighted by molar-refractivity contribution is 7.14. The molecule has 3 aliphatic rings. The van der Waals surface area contributed by atoms with Gasteiger partial charge in [0, 0.05) is 50.2 Å². The molecule has 3 heterocycles. The fourth-order valence-electron chi connectivity index (χ4n) is 4.38. The van der Waals surface area contributed by atoms with Crippen molar-refractivity contribution in [2.24, 2.45) is 0 Å². The molecular weight excluding hydrogens is 354 g/mol. The van der Waals surface area contributed by atoms with E-state index in [0.29, 0.717) is 6.04 Å². The van der Waals surface area contributed by atoms with Crippen molar-refractivity contribution in [3.8, 4) is 0 Å². The molecule has 0 saturated carbocycles. The van der Waals surface area contributed by atoms with Gasteiger partial charge >= 0.3 is 0 Å². The maximum Gasteiger partial charge on any atom is 0.263 e. The molecule has 0 bridgehead atoms. The number of nitrogens with zero attached hydrogens (tertiary/aromatic N) is 2. The first-order valence-corrected chi connectivity index (χ1v) is 10.5. The molecule has 2 saturated heterocycles. The quantitative estimate of drug-likeness (QED) is 0.852. The Morgan fingerprint density at radius 3 is 2.64 bits per heavy atom. The molecule has 0 radical (unpaired) electrons. The zero-order valence-electron chi connectivity index (χ0n) is 15.0. The third-order valence-electron chi connectivity index (χ3n) is 5.83. The average molecular weight is 384 g/mol. The van der Waals surface area contributed by atoms with Gasteiger partial charge in [-0.05, 0) is 43.7 Å². The van der Waals surface area contributed by atoms with Crippen LogP contribution in [0, 0.1) is 0 Å². The summed E-state index contributed by atoms with van der Waals surface area (Å²) in [7, 11) is 0. The van der Waals surface area contributed by atoms with Crippen molar-refractivity contribution in [3.05, 3.63) is 21.4 Å². The monoisotopic (exact) mass is 383 g/mol. The lowest BCUT2D eigenvalue weighted by atomic mass is 10.00. The number of amides is 1. The van der Waals surface area contributed by atoms with Crippen molar-refractivity contribution >= 4 is 29.7 Å². The summed E-state index contributed by atoms with van der Waals surface area (Å²) in [6.07, 6.45) is 8.74. The predicted molar refractivity (Wildman–Crippen MR) is 106 cm³/mol. The molecule has 140 valence electrons. The Labute approximate surface area is 161 Å². The molecule has 4 nitrogen and oxygen atoms in total. The molecule has 1 aliphatic carbocycles. The topological polar surface area (TPSA) is 35.6 Å². The van der Waals surface area contributed by atoms with Gasteiger partial charge in [-0.2, -0.15) is 0 Å². The smallest absolute Gasteiger partial charge is 0.263 e. The molecule has 0 aromatic carbocycles. The van der Waals surface area contributed by atoms with Crippen LogP contribution in [0.5, 0.6) is 0 Å². The van der Waals surface area contributed by atoms with E-state index in [9.17, 15) is 4.79 Å². The molecule has 1 aromatic rings. The van der Waals surface area contributed by atoms with E-state index in [2.05, 4.69) is 21.2 Å². The highest BCUT2D eigenvalue weighted by Crippen LogP contribution is 2.30. The number of aryl methyl sites for hydroxylation is 2. The minimum atomic E-state index is 0. The van der Waals surface area contributed by atoms with E-state index >= 15 is 0 Å². The Kier molecular flexibility index (Phi) is 6.78. The Morgan fingerprint density at radius 1 is 1.08 bits per heavy atom. The summed E-state index contributed by atoms with van der Waals surface area (Å²) in [5, 5.41) is 3.42. The van der Waals surface area contributed by atoms with Crippen LogP contribution in [-0.4, -0.2) is 61.0 Å². The van der Waals surface area contributed by atoms with Crippen molar-refractivity contribution in [1.29, 1.82) is 0 Å². The highest BCUT2D eigenvalue weighted by Gasteiger charge is 2.32. The van der Waals surface area contributed by atoms with Crippen LogP contribution >= 0.6 is 23.7 Å². The molecule has 2 aliphatic heterocycles. The number of likely N-dealkylation sites (tertiary alicyclic amines) is 1. The maximum absolute atomic E-state index is 13.0. The van der Waals surface area contributed by atoms with Crippen LogP contribution < -0.4 is 5.32 Å². The number of thiophene rings is 1. The molecule has 1 aromatic heterocycles. The second kappa shape index (κ2) is 8.85. The number of carbonyl (C=O) groups excluding carboxylic acids is 1. The Balaban J connectivity index is 0.00000182. The first-order chi connectivity index (χ1) is 11.8. The number of carbonyl (C=O) groups is 1. The van der Waals surface area contributed by atoms with Crippen LogP contribution in [0.15, 0.2) is 6.07 Å². The molecule has 2 fully saturated rings. The predicted octanol–water partition coefficient (Wildman–Crippen LogP) is 2.95. The molecule has 1 unspecified atom stereocenters. The van der Waals surface area contributed by atoms with Crippen molar-refractivity contribution in [3.63, 3.8) is 0 Å². The molecule has 0 spiro atoms. The van der Waals surface area contributed by atoms with Crippen LogP contribution in [0.4, 0.5) is 0 Å². The van der Waals surface area contributed by atoms with Crippen LogP contribution in [0.25, 0.3) is 0 Å². The second-order valence-corrected chi connectivity index (χ2v) is 8.59. The van der Waals surface area contributed by atoms with Gasteiger partial charge in [-0.3, -0.25) is 9.69 Å². The summed E-state index contributed by atoms with van der Waals surface area (Å²) in [5.41, 5.74) is 1.46. The van der Waals surface area contributed by atoms with Gasteiger partial charge in [0.05, 0.1) is 4.88 Å². The van der Waals surface area contributed by atoms with Crippen LogP contribution in [-0.2, 0) is 12.8 Å². The van der Waals surface area contributed by atoms with E-state index in [0.717, 1.165) is 50.6 Å². The van der Waals surface area contributed by atoms with Gasteiger partial charge < -0.3 is 10.2 Å². The largest absolute Gasteiger partial charge is 0.336 e. The van der Waals surface area contributed by atoms with Gasteiger partial charge in [0.2, 0.25) is 0 Å². The number of fused-ring (bicyclic) bond motifs is 1. The molecule has 25 heavy (non-hydrogen) atoms. The third kappa shape index (κ3) is 4.38. The average Bonchev–Trinajstić information content (AvgIpc) is 3.23. The van der Waals surface area contributed by atoms with Gasteiger partial charge in [0.25, 0.3) is 5.91 Å². The van der Waals surface area contributed by atoms with Crippen LogP contribution in [0.1, 0.15) is 52.2 Å². The minimum Gasteiger partial charge on any atom is -0.336 e. The summed E-state index contributed by atoms with van der Waals surface area (Å²) in [5.74, 6) is 0.282. The summed E-state index contributed by atoms with van der Waals surface area (Å²) < 4.78 is 0. The van der Waals surface area contributed by atoms with Crippen molar-refractivity contribution in [2.75, 3.05) is 39.3 Å². The van der Waals surface area contributed by atoms with Gasteiger partial charge in [0.1, 0.15) is 0 Å². The Morgan fingerprint density at radius 2 is 1.84 bits per heavy atom. The van der Waals surface area contributed by atoms with E-state index in [1.807, 2.05) is 0 Å². The molecule has 1 N–H and O–H groups in total. The van der Waals surface area contributed by atoms with Crippen molar-refractivity contribution < 1.29 is 4.79 Å². The lowest BCUT2D eigenvalue weighted by molar-refractivity contribution is 0.0778. The molecular formula is C19H30ClN3OS. The van der Waals surface area contributed by atoms with Gasteiger partial charge in [-0.1, -0.05) is 12.8 Å². The Bertz CT molecular complexity index is 560. The fourth-order valence-corrected chi connectivity index (χ4v) is 5.60. The van der Waals surface area contributed by atoms with Crippen molar-refractivity contribution in [2.45, 2.75) is 51.0 Å². The van der Waals surface area contributed by atoms with Crippen molar-refractivity contribution in [1.82, 2.24) is 15.1 Å². The van der Waals surface area contributed by atoms with Gasteiger partial charge in [-0.25, -0.2) is 0 Å².